The van der Waals surface area contributed by atoms with Gasteiger partial charge in [0.1, 0.15) is 0 Å². The van der Waals surface area contributed by atoms with Crippen LogP contribution < -0.4 is 5.32 Å². The van der Waals surface area contributed by atoms with E-state index in [0.717, 1.165) is 39.3 Å². The lowest BCUT2D eigenvalue weighted by molar-refractivity contribution is -0.130. The van der Waals surface area contributed by atoms with Gasteiger partial charge in [0.05, 0.1) is 6.04 Å². The minimum absolute atomic E-state index is 0.0857. The van der Waals surface area contributed by atoms with E-state index in [1.807, 2.05) is 6.92 Å². The minimum atomic E-state index is -0.0857. The van der Waals surface area contributed by atoms with E-state index in [2.05, 4.69) is 22.2 Å². The van der Waals surface area contributed by atoms with Gasteiger partial charge in [-0.2, -0.15) is 0 Å². The summed E-state index contributed by atoms with van der Waals surface area (Å²) in [6, 6.07) is -0.0857. The van der Waals surface area contributed by atoms with E-state index < -0.39 is 0 Å². The van der Waals surface area contributed by atoms with Gasteiger partial charge in [-0.25, -0.2) is 0 Å². The van der Waals surface area contributed by atoms with E-state index in [4.69, 9.17) is 0 Å². The van der Waals surface area contributed by atoms with Crippen LogP contribution >= 0.6 is 0 Å². The highest BCUT2D eigenvalue weighted by Crippen LogP contribution is 1.97. The van der Waals surface area contributed by atoms with Crippen LogP contribution in [-0.2, 0) is 4.79 Å². The molecule has 1 amide bonds. The molecule has 1 aliphatic heterocycles. The zero-order valence-electron chi connectivity index (χ0n) is 11.6. The Hall–Kier alpha value is -0.650. The summed E-state index contributed by atoms with van der Waals surface area (Å²) < 4.78 is 0. The number of hydrogen-bond acceptors (Lipinski definition) is 4. The zero-order valence-corrected chi connectivity index (χ0v) is 11.6. The van der Waals surface area contributed by atoms with Crippen LogP contribution in [0.5, 0.6) is 0 Å². The Bertz CT molecular complexity index is 237. The summed E-state index contributed by atoms with van der Waals surface area (Å²) in [7, 11) is 5.75. The zero-order chi connectivity index (χ0) is 12.8. The first-order valence-electron chi connectivity index (χ1n) is 6.36. The van der Waals surface area contributed by atoms with E-state index in [1.165, 1.54) is 0 Å². The minimum Gasteiger partial charge on any atom is -0.347 e. The Morgan fingerprint density at radius 2 is 1.88 bits per heavy atom. The molecule has 1 atom stereocenters. The van der Waals surface area contributed by atoms with E-state index in [-0.39, 0.29) is 11.9 Å². The largest absolute Gasteiger partial charge is 0.347 e. The van der Waals surface area contributed by atoms with Crippen molar-refractivity contribution in [3.63, 3.8) is 0 Å². The Kier molecular flexibility index (Phi) is 5.88. The van der Waals surface area contributed by atoms with Gasteiger partial charge in [-0.3, -0.25) is 9.69 Å². The Balaban J connectivity index is 2.13. The van der Waals surface area contributed by atoms with E-state index >= 15 is 0 Å². The topological polar surface area (TPSA) is 38.8 Å². The normalized spacial score (nSPS) is 20.2. The second-order valence-electron chi connectivity index (χ2n) is 5.05. The standard InChI is InChI=1S/C12H26N4O/c1-11(12(17)14(2)3)13-5-6-16-9-7-15(4)8-10-16/h11,13H,5-10H2,1-4H3. The molecule has 100 valence electrons. The average Bonchev–Trinajstić information content (AvgIpc) is 2.30. The number of hydrogen-bond donors (Lipinski definition) is 1. The predicted molar refractivity (Wildman–Crippen MR) is 70.1 cm³/mol. The molecule has 1 saturated heterocycles. The third kappa shape index (κ3) is 5.02. The van der Waals surface area contributed by atoms with Crippen LogP contribution in [0.1, 0.15) is 6.92 Å². The number of amides is 1. The second-order valence-corrected chi connectivity index (χ2v) is 5.05. The number of piperazine rings is 1. The van der Waals surface area contributed by atoms with E-state index in [1.54, 1.807) is 19.0 Å². The average molecular weight is 242 g/mol. The van der Waals surface area contributed by atoms with Gasteiger partial charge < -0.3 is 15.1 Å². The first kappa shape index (κ1) is 14.4. The molecule has 1 aliphatic rings. The molecule has 0 saturated carbocycles. The number of rotatable bonds is 5. The maximum atomic E-state index is 11.6. The summed E-state index contributed by atoms with van der Waals surface area (Å²) in [6.45, 7) is 8.39. The van der Waals surface area contributed by atoms with Crippen molar-refractivity contribution in [3.8, 4) is 0 Å². The van der Waals surface area contributed by atoms with Crippen LogP contribution in [0.3, 0.4) is 0 Å². The summed E-state index contributed by atoms with van der Waals surface area (Å²) in [4.78, 5) is 18.0. The molecule has 0 aromatic heterocycles. The number of nitrogens with zero attached hydrogens (tertiary/aromatic N) is 3. The summed E-state index contributed by atoms with van der Waals surface area (Å²) in [5, 5.41) is 3.28. The summed E-state index contributed by atoms with van der Waals surface area (Å²) >= 11 is 0. The molecular weight excluding hydrogens is 216 g/mol. The molecule has 1 rings (SSSR count). The molecule has 17 heavy (non-hydrogen) atoms. The molecule has 1 heterocycles. The summed E-state index contributed by atoms with van der Waals surface area (Å²) in [5.74, 6) is 0.142. The van der Waals surface area contributed by atoms with Gasteiger partial charge in [0.25, 0.3) is 0 Å². The maximum absolute atomic E-state index is 11.6. The number of carbonyl (C=O) groups excluding carboxylic acids is 1. The fourth-order valence-corrected chi connectivity index (χ4v) is 1.99. The fraction of sp³-hybridized carbons (Fsp3) is 0.917. The number of nitrogens with one attached hydrogen (secondary N) is 1. The maximum Gasteiger partial charge on any atom is 0.238 e. The molecule has 0 spiro atoms. The van der Waals surface area contributed by atoms with Gasteiger partial charge in [0, 0.05) is 53.4 Å². The molecule has 5 nitrogen and oxygen atoms in total. The number of likely N-dealkylation sites (N-methyl/N-ethyl adjacent to an activating group) is 2. The molecule has 0 aromatic carbocycles. The van der Waals surface area contributed by atoms with Crippen LogP contribution in [-0.4, -0.2) is 87.1 Å². The lowest BCUT2D eigenvalue weighted by Crippen LogP contribution is -2.48. The Labute approximate surface area is 105 Å². The lowest BCUT2D eigenvalue weighted by Gasteiger charge is -2.32. The molecule has 1 N–H and O–H groups in total. The molecule has 1 unspecified atom stereocenters. The third-order valence-electron chi connectivity index (χ3n) is 3.29. The summed E-state index contributed by atoms with van der Waals surface area (Å²) in [5.41, 5.74) is 0. The van der Waals surface area contributed by atoms with Gasteiger partial charge in [0.2, 0.25) is 5.91 Å². The van der Waals surface area contributed by atoms with Crippen LogP contribution in [0, 0.1) is 0 Å². The van der Waals surface area contributed by atoms with Gasteiger partial charge >= 0.3 is 0 Å². The first-order chi connectivity index (χ1) is 8.00. The highest BCUT2D eigenvalue weighted by Gasteiger charge is 2.16. The fourth-order valence-electron chi connectivity index (χ4n) is 1.99. The highest BCUT2D eigenvalue weighted by atomic mass is 16.2. The van der Waals surface area contributed by atoms with Crippen molar-refractivity contribution in [1.82, 2.24) is 20.0 Å². The molecule has 0 aromatic rings. The Morgan fingerprint density at radius 3 is 2.41 bits per heavy atom. The van der Waals surface area contributed by atoms with Crippen molar-refractivity contribution >= 4 is 5.91 Å². The molecule has 5 heteroatoms. The summed E-state index contributed by atoms with van der Waals surface area (Å²) in [6.07, 6.45) is 0. The van der Waals surface area contributed by atoms with Gasteiger partial charge in [-0.15, -0.1) is 0 Å². The molecular formula is C12H26N4O. The monoisotopic (exact) mass is 242 g/mol. The molecule has 0 bridgehead atoms. The number of carbonyl (C=O) groups is 1. The SMILES string of the molecule is CC(NCCN1CCN(C)CC1)C(=O)N(C)C. The van der Waals surface area contributed by atoms with Gasteiger partial charge in [0.15, 0.2) is 0 Å². The highest BCUT2D eigenvalue weighted by molar-refractivity contribution is 5.80. The molecule has 1 fully saturated rings. The Morgan fingerprint density at radius 1 is 1.29 bits per heavy atom. The van der Waals surface area contributed by atoms with Crippen molar-refractivity contribution in [2.24, 2.45) is 0 Å². The predicted octanol–water partition coefficient (Wildman–Crippen LogP) is -0.700. The quantitative estimate of drug-likeness (QED) is 0.692. The van der Waals surface area contributed by atoms with Crippen molar-refractivity contribution < 1.29 is 4.79 Å². The van der Waals surface area contributed by atoms with Crippen molar-refractivity contribution in [2.75, 3.05) is 60.4 Å². The first-order valence-corrected chi connectivity index (χ1v) is 6.36. The molecule has 0 aliphatic carbocycles. The molecule has 0 radical (unpaired) electrons. The van der Waals surface area contributed by atoms with Gasteiger partial charge in [-0.1, -0.05) is 0 Å². The van der Waals surface area contributed by atoms with Gasteiger partial charge in [-0.05, 0) is 14.0 Å². The van der Waals surface area contributed by atoms with Crippen molar-refractivity contribution in [1.29, 1.82) is 0 Å². The van der Waals surface area contributed by atoms with Crippen LogP contribution in [0.25, 0.3) is 0 Å². The lowest BCUT2D eigenvalue weighted by atomic mass is 10.3. The smallest absolute Gasteiger partial charge is 0.238 e. The van der Waals surface area contributed by atoms with Crippen LogP contribution in [0.15, 0.2) is 0 Å². The van der Waals surface area contributed by atoms with Crippen LogP contribution in [0.2, 0.25) is 0 Å². The van der Waals surface area contributed by atoms with E-state index in [9.17, 15) is 4.79 Å². The van der Waals surface area contributed by atoms with Crippen LogP contribution in [0.4, 0.5) is 0 Å². The third-order valence-corrected chi connectivity index (χ3v) is 3.29. The van der Waals surface area contributed by atoms with Crippen molar-refractivity contribution in [2.45, 2.75) is 13.0 Å². The second kappa shape index (κ2) is 6.93. The van der Waals surface area contributed by atoms with Crippen molar-refractivity contribution in [3.05, 3.63) is 0 Å². The van der Waals surface area contributed by atoms with E-state index in [0.29, 0.717) is 0 Å².